The molecule has 1 aliphatic heterocycles. The van der Waals surface area contributed by atoms with E-state index in [-0.39, 0.29) is 17.7 Å². The van der Waals surface area contributed by atoms with Crippen molar-refractivity contribution in [1.29, 1.82) is 0 Å². The number of hydrogen-bond acceptors (Lipinski definition) is 5. The van der Waals surface area contributed by atoms with E-state index in [2.05, 4.69) is 20.6 Å². The predicted molar refractivity (Wildman–Crippen MR) is 87.7 cm³/mol. The first-order valence-corrected chi connectivity index (χ1v) is 7.80. The molecule has 0 bridgehead atoms. The topological polar surface area (TPSA) is 93.2 Å². The molecule has 1 aromatic heterocycles. The lowest BCUT2D eigenvalue weighted by molar-refractivity contribution is 0.0858. The maximum absolute atomic E-state index is 12.4. The standard InChI is InChI=1S/C17H18N4O3/c22-16(20-10-12-4-3-9-24-12)13-5-1-2-6-14(13)21-17(23)15-11-18-7-8-19-15/h1-2,5-8,11-12H,3-4,9-10H2,(H,20,22)(H,21,23). The fraction of sp³-hybridized carbons (Fsp3) is 0.294. The number of ether oxygens (including phenoxy) is 1. The monoisotopic (exact) mass is 326 g/mol. The Labute approximate surface area is 139 Å². The SMILES string of the molecule is O=C(Nc1ccccc1C(=O)NCC1CCCO1)c1cnccn1. The normalized spacial score (nSPS) is 16.6. The number of carbonyl (C=O) groups excluding carboxylic acids is 2. The summed E-state index contributed by atoms with van der Waals surface area (Å²) in [5, 5.41) is 5.55. The van der Waals surface area contributed by atoms with Crippen LogP contribution in [0.25, 0.3) is 0 Å². The first kappa shape index (κ1) is 16.1. The molecule has 2 heterocycles. The van der Waals surface area contributed by atoms with Gasteiger partial charge in [0, 0.05) is 25.5 Å². The third kappa shape index (κ3) is 3.94. The van der Waals surface area contributed by atoms with E-state index in [4.69, 9.17) is 4.74 Å². The molecule has 124 valence electrons. The van der Waals surface area contributed by atoms with Gasteiger partial charge < -0.3 is 15.4 Å². The van der Waals surface area contributed by atoms with Gasteiger partial charge in [0.15, 0.2) is 0 Å². The average molecular weight is 326 g/mol. The molecule has 0 saturated carbocycles. The van der Waals surface area contributed by atoms with E-state index in [0.29, 0.717) is 17.8 Å². The Kier molecular flexibility index (Phi) is 5.12. The number of anilines is 1. The molecule has 2 aromatic rings. The number of aromatic nitrogens is 2. The van der Waals surface area contributed by atoms with Gasteiger partial charge in [-0.25, -0.2) is 4.98 Å². The van der Waals surface area contributed by atoms with Crippen molar-refractivity contribution in [2.24, 2.45) is 0 Å². The summed E-state index contributed by atoms with van der Waals surface area (Å²) >= 11 is 0. The number of carbonyl (C=O) groups is 2. The summed E-state index contributed by atoms with van der Waals surface area (Å²) in [4.78, 5) is 32.4. The van der Waals surface area contributed by atoms with E-state index >= 15 is 0 Å². The van der Waals surface area contributed by atoms with Gasteiger partial charge in [-0.3, -0.25) is 14.6 Å². The Morgan fingerprint density at radius 1 is 1.21 bits per heavy atom. The molecule has 1 aromatic carbocycles. The Balaban J connectivity index is 1.68. The minimum atomic E-state index is -0.414. The van der Waals surface area contributed by atoms with Crippen molar-refractivity contribution >= 4 is 17.5 Å². The number of nitrogens with one attached hydrogen (secondary N) is 2. The van der Waals surface area contributed by atoms with Crippen molar-refractivity contribution in [1.82, 2.24) is 15.3 Å². The molecule has 24 heavy (non-hydrogen) atoms. The third-order valence-electron chi connectivity index (χ3n) is 3.73. The molecule has 7 heteroatoms. The Morgan fingerprint density at radius 2 is 2.08 bits per heavy atom. The number of rotatable bonds is 5. The van der Waals surface area contributed by atoms with Crippen LogP contribution in [0.15, 0.2) is 42.9 Å². The second-order valence-electron chi connectivity index (χ2n) is 5.44. The van der Waals surface area contributed by atoms with Gasteiger partial charge in [-0.15, -0.1) is 0 Å². The highest BCUT2D eigenvalue weighted by atomic mass is 16.5. The van der Waals surface area contributed by atoms with Gasteiger partial charge in [-0.1, -0.05) is 12.1 Å². The molecule has 0 radical (unpaired) electrons. The summed E-state index contributed by atoms with van der Waals surface area (Å²) in [5.41, 5.74) is 1.01. The van der Waals surface area contributed by atoms with Gasteiger partial charge >= 0.3 is 0 Å². The quantitative estimate of drug-likeness (QED) is 0.871. The fourth-order valence-electron chi connectivity index (χ4n) is 2.50. The molecule has 1 saturated heterocycles. The van der Waals surface area contributed by atoms with Crippen molar-refractivity contribution in [3.63, 3.8) is 0 Å². The van der Waals surface area contributed by atoms with Crippen LogP contribution in [-0.2, 0) is 4.74 Å². The van der Waals surface area contributed by atoms with E-state index in [1.54, 1.807) is 24.3 Å². The van der Waals surface area contributed by atoms with Gasteiger partial charge in [-0.2, -0.15) is 0 Å². The van der Waals surface area contributed by atoms with Crippen molar-refractivity contribution in [3.8, 4) is 0 Å². The highest BCUT2D eigenvalue weighted by molar-refractivity contribution is 6.08. The highest BCUT2D eigenvalue weighted by Gasteiger charge is 2.18. The van der Waals surface area contributed by atoms with Crippen molar-refractivity contribution in [2.75, 3.05) is 18.5 Å². The summed E-state index contributed by atoms with van der Waals surface area (Å²) in [6, 6.07) is 6.84. The lowest BCUT2D eigenvalue weighted by Gasteiger charge is -2.13. The van der Waals surface area contributed by atoms with E-state index in [0.717, 1.165) is 19.4 Å². The van der Waals surface area contributed by atoms with Gasteiger partial charge in [-0.05, 0) is 25.0 Å². The van der Waals surface area contributed by atoms with Crippen LogP contribution in [0.4, 0.5) is 5.69 Å². The smallest absolute Gasteiger partial charge is 0.275 e. The zero-order valence-corrected chi connectivity index (χ0v) is 13.1. The van der Waals surface area contributed by atoms with Crippen molar-refractivity contribution < 1.29 is 14.3 Å². The van der Waals surface area contributed by atoms with Gasteiger partial charge in [0.2, 0.25) is 0 Å². The van der Waals surface area contributed by atoms with Crippen LogP contribution in [0.5, 0.6) is 0 Å². The minimum Gasteiger partial charge on any atom is -0.376 e. The molecule has 2 amide bonds. The number of nitrogens with zero attached hydrogens (tertiary/aromatic N) is 2. The predicted octanol–water partition coefficient (Wildman–Crippen LogP) is 1.64. The maximum Gasteiger partial charge on any atom is 0.275 e. The maximum atomic E-state index is 12.4. The first-order valence-electron chi connectivity index (χ1n) is 7.80. The number of benzene rings is 1. The van der Waals surface area contributed by atoms with E-state index < -0.39 is 5.91 Å². The number of hydrogen-bond donors (Lipinski definition) is 2. The molecule has 7 nitrogen and oxygen atoms in total. The lowest BCUT2D eigenvalue weighted by atomic mass is 10.1. The van der Waals surface area contributed by atoms with Crippen LogP contribution in [0, 0.1) is 0 Å². The zero-order chi connectivity index (χ0) is 16.8. The molecular weight excluding hydrogens is 308 g/mol. The summed E-state index contributed by atoms with van der Waals surface area (Å²) in [6.45, 7) is 1.20. The number of para-hydroxylation sites is 1. The van der Waals surface area contributed by atoms with Gasteiger partial charge in [0.25, 0.3) is 11.8 Å². The molecule has 0 aliphatic carbocycles. The summed E-state index contributed by atoms with van der Waals surface area (Å²) in [6.07, 6.45) is 6.33. The molecule has 1 unspecified atom stereocenters. The summed E-state index contributed by atoms with van der Waals surface area (Å²) in [7, 11) is 0. The van der Waals surface area contributed by atoms with Gasteiger partial charge in [0.1, 0.15) is 5.69 Å². The summed E-state index contributed by atoms with van der Waals surface area (Å²) < 4.78 is 5.49. The average Bonchev–Trinajstić information content (AvgIpc) is 3.14. The largest absolute Gasteiger partial charge is 0.376 e. The first-order chi connectivity index (χ1) is 11.7. The second-order valence-corrected chi connectivity index (χ2v) is 5.44. The molecule has 0 spiro atoms. The molecule has 1 atom stereocenters. The molecule has 3 rings (SSSR count). The highest BCUT2D eigenvalue weighted by Crippen LogP contribution is 2.16. The van der Waals surface area contributed by atoms with Gasteiger partial charge in [0.05, 0.1) is 23.6 Å². The molecular formula is C17H18N4O3. The van der Waals surface area contributed by atoms with Crippen LogP contribution in [0.3, 0.4) is 0 Å². The number of amides is 2. The van der Waals surface area contributed by atoms with Crippen LogP contribution in [0.2, 0.25) is 0 Å². The fourth-order valence-corrected chi connectivity index (χ4v) is 2.50. The second kappa shape index (κ2) is 7.65. The Hall–Kier alpha value is -2.80. The van der Waals surface area contributed by atoms with E-state index in [1.165, 1.54) is 18.6 Å². The lowest BCUT2D eigenvalue weighted by Crippen LogP contribution is -2.32. The molecule has 2 N–H and O–H groups in total. The summed E-state index contributed by atoms with van der Waals surface area (Å²) in [5.74, 6) is -0.664. The van der Waals surface area contributed by atoms with Crippen LogP contribution >= 0.6 is 0 Å². The van der Waals surface area contributed by atoms with Crippen LogP contribution in [-0.4, -0.2) is 41.0 Å². The van der Waals surface area contributed by atoms with Crippen LogP contribution in [0.1, 0.15) is 33.7 Å². The molecule has 1 fully saturated rings. The van der Waals surface area contributed by atoms with Crippen LogP contribution < -0.4 is 10.6 Å². The third-order valence-corrected chi connectivity index (χ3v) is 3.73. The van der Waals surface area contributed by atoms with E-state index in [9.17, 15) is 9.59 Å². The Bertz CT molecular complexity index is 715. The zero-order valence-electron chi connectivity index (χ0n) is 13.1. The van der Waals surface area contributed by atoms with Crippen molar-refractivity contribution in [3.05, 3.63) is 54.1 Å². The Morgan fingerprint density at radius 3 is 2.83 bits per heavy atom. The van der Waals surface area contributed by atoms with Crippen molar-refractivity contribution in [2.45, 2.75) is 18.9 Å². The molecule has 1 aliphatic rings. The van der Waals surface area contributed by atoms with E-state index in [1.807, 2.05) is 0 Å². The minimum absolute atomic E-state index is 0.0651.